The van der Waals surface area contributed by atoms with Gasteiger partial charge in [0.15, 0.2) is 0 Å². The first-order valence-corrected chi connectivity index (χ1v) is 6.42. The molecule has 5 nitrogen and oxygen atoms in total. The number of ether oxygens (including phenoxy) is 1. The van der Waals surface area contributed by atoms with E-state index in [4.69, 9.17) is 10.5 Å². The molecule has 0 aromatic heterocycles. The monoisotopic (exact) mass is 243 g/mol. The average molecular weight is 243 g/mol. The summed E-state index contributed by atoms with van der Waals surface area (Å²) in [5, 5.41) is 3.40. The van der Waals surface area contributed by atoms with Gasteiger partial charge in [0, 0.05) is 33.2 Å². The zero-order valence-electron chi connectivity index (χ0n) is 10.8. The topological polar surface area (TPSA) is 67.6 Å². The third-order valence-corrected chi connectivity index (χ3v) is 3.19. The van der Waals surface area contributed by atoms with Crippen LogP contribution in [0.3, 0.4) is 0 Å². The van der Waals surface area contributed by atoms with Crippen LogP contribution in [0.1, 0.15) is 19.3 Å². The highest BCUT2D eigenvalue weighted by molar-refractivity contribution is 5.73. The number of likely N-dealkylation sites (tertiary alicyclic amines) is 1. The molecule has 0 spiro atoms. The maximum absolute atomic E-state index is 10.7. The van der Waals surface area contributed by atoms with E-state index in [0.29, 0.717) is 12.3 Å². The van der Waals surface area contributed by atoms with Gasteiger partial charge in [-0.3, -0.25) is 4.79 Å². The predicted molar refractivity (Wildman–Crippen MR) is 67.7 cm³/mol. The molecule has 0 aromatic carbocycles. The van der Waals surface area contributed by atoms with Crippen LogP contribution in [0.25, 0.3) is 0 Å². The predicted octanol–water partition coefficient (Wildman–Crippen LogP) is -0.190. The Labute approximate surface area is 104 Å². The van der Waals surface area contributed by atoms with Gasteiger partial charge in [-0.2, -0.15) is 0 Å². The van der Waals surface area contributed by atoms with Crippen LogP contribution in [-0.2, 0) is 9.53 Å². The Hall–Kier alpha value is -0.650. The van der Waals surface area contributed by atoms with Gasteiger partial charge in [0.1, 0.15) is 0 Å². The zero-order chi connectivity index (χ0) is 12.5. The summed E-state index contributed by atoms with van der Waals surface area (Å²) in [6.45, 7) is 5.70. The molecular weight excluding hydrogens is 218 g/mol. The SMILES string of the molecule is COCCNCC1CCCN(CCC(N)=O)C1. The summed E-state index contributed by atoms with van der Waals surface area (Å²) in [6.07, 6.45) is 2.96. The molecule has 0 aromatic rings. The fraction of sp³-hybridized carbons (Fsp3) is 0.917. The lowest BCUT2D eigenvalue weighted by Gasteiger charge is -2.32. The maximum atomic E-state index is 10.7. The van der Waals surface area contributed by atoms with Crippen molar-refractivity contribution >= 4 is 5.91 Å². The molecule has 1 rings (SSSR count). The van der Waals surface area contributed by atoms with E-state index in [1.807, 2.05) is 0 Å². The second-order valence-electron chi connectivity index (χ2n) is 4.72. The number of amides is 1. The molecule has 17 heavy (non-hydrogen) atoms. The van der Waals surface area contributed by atoms with Gasteiger partial charge in [-0.25, -0.2) is 0 Å². The van der Waals surface area contributed by atoms with Crippen LogP contribution in [0.15, 0.2) is 0 Å². The smallest absolute Gasteiger partial charge is 0.218 e. The fourth-order valence-electron chi connectivity index (χ4n) is 2.27. The average Bonchev–Trinajstić information content (AvgIpc) is 2.33. The summed E-state index contributed by atoms with van der Waals surface area (Å²) in [4.78, 5) is 13.1. The second-order valence-corrected chi connectivity index (χ2v) is 4.72. The molecule has 1 aliphatic heterocycles. The Morgan fingerprint density at radius 1 is 1.59 bits per heavy atom. The molecule has 5 heteroatoms. The molecule has 1 atom stereocenters. The van der Waals surface area contributed by atoms with E-state index in [-0.39, 0.29) is 5.91 Å². The number of nitrogens with two attached hydrogens (primary N) is 1. The summed E-state index contributed by atoms with van der Waals surface area (Å²) in [5.41, 5.74) is 5.17. The van der Waals surface area contributed by atoms with Crippen molar-refractivity contribution in [2.75, 3.05) is 46.4 Å². The van der Waals surface area contributed by atoms with Crippen molar-refractivity contribution in [1.82, 2.24) is 10.2 Å². The lowest BCUT2D eigenvalue weighted by molar-refractivity contribution is -0.118. The van der Waals surface area contributed by atoms with Crippen molar-refractivity contribution in [1.29, 1.82) is 0 Å². The van der Waals surface area contributed by atoms with Crippen LogP contribution in [0, 0.1) is 5.92 Å². The van der Waals surface area contributed by atoms with Crippen molar-refractivity contribution in [2.24, 2.45) is 11.7 Å². The van der Waals surface area contributed by atoms with Crippen LogP contribution in [0.2, 0.25) is 0 Å². The van der Waals surface area contributed by atoms with E-state index in [9.17, 15) is 4.79 Å². The minimum absolute atomic E-state index is 0.203. The number of carbonyl (C=O) groups excluding carboxylic acids is 1. The molecule has 0 aliphatic carbocycles. The molecule has 3 N–H and O–H groups in total. The maximum Gasteiger partial charge on any atom is 0.218 e. The Morgan fingerprint density at radius 3 is 3.12 bits per heavy atom. The highest BCUT2D eigenvalue weighted by Gasteiger charge is 2.19. The van der Waals surface area contributed by atoms with Gasteiger partial charge in [-0.05, 0) is 31.8 Å². The fourth-order valence-corrected chi connectivity index (χ4v) is 2.27. The van der Waals surface area contributed by atoms with Gasteiger partial charge in [0.05, 0.1) is 6.61 Å². The quantitative estimate of drug-likeness (QED) is 0.580. The molecule has 100 valence electrons. The van der Waals surface area contributed by atoms with E-state index in [0.717, 1.165) is 39.3 Å². The van der Waals surface area contributed by atoms with Crippen LogP contribution in [0.4, 0.5) is 0 Å². The summed E-state index contributed by atoms with van der Waals surface area (Å²) < 4.78 is 4.99. The molecule has 0 radical (unpaired) electrons. The first kappa shape index (κ1) is 14.4. The number of piperidine rings is 1. The minimum atomic E-state index is -0.203. The van der Waals surface area contributed by atoms with E-state index in [1.165, 1.54) is 12.8 Å². The molecule has 1 fully saturated rings. The normalized spacial score (nSPS) is 21.6. The van der Waals surface area contributed by atoms with Gasteiger partial charge >= 0.3 is 0 Å². The van der Waals surface area contributed by atoms with Crippen molar-refractivity contribution in [3.05, 3.63) is 0 Å². The molecule has 0 saturated carbocycles. The lowest BCUT2D eigenvalue weighted by atomic mass is 9.98. The number of nitrogens with zero attached hydrogens (tertiary/aromatic N) is 1. The minimum Gasteiger partial charge on any atom is -0.383 e. The van der Waals surface area contributed by atoms with Crippen LogP contribution < -0.4 is 11.1 Å². The Morgan fingerprint density at radius 2 is 2.41 bits per heavy atom. The zero-order valence-corrected chi connectivity index (χ0v) is 10.8. The highest BCUT2D eigenvalue weighted by atomic mass is 16.5. The molecule has 1 amide bonds. The Bertz CT molecular complexity index is 224. The molecule has 0 bridgehead atoms. The van der Waals surface area contributed by atoms with Crippen molar-refractivity contribution in [3.8, 4) is 0 Å². The highest BCUT2D eigenvalue weighted by Crippen LogP contribution is 2.15. The first-order chi connectivity index (χ1) is 8.22. The Balaban J connectivity index is 2.12. The summed E-state index contributed by atoms with van der Waals surface area (Å²) in [5.74, 6) is 0.485. The number of rotatable bonds is 8. The number of carbonyl (C=O) groups is 1. The standard InChI is InChI=1S/C12H25N3O2/c1-17-8-5-14-9-11-3-2-6-15(10-11)7-4-12(13)16/h11,14H,2-10H2,1H3,(H2,13,16). The van der Waals surface area contributed by atoms with E-state index >= 15 is 0 Å². The lowest BCUT2D eigenvalue weighted by Crippen LogP contribution is -2.41. The number of hydrogen-bond acceptors (Lipinski definition) is 4. The van der Waals surface area contributed by atoms with Gasteiger partial charge in [-0.1, -0.05) is 0 Å². The van der Waals surface area contributed by atoms with Crippen LogP contribution in [-0.4, -0.2) is 57.2 Å². The largest absolute Gasteiger partial charge is 0.383 e. The van der Waals surface area contributed by atoms with E-state index < -0.39 is 0 Å². The van der Waals surface area contributed by atoms with Crippen molar-refractivity contribution in [2.45, 2.75) is 19.3 Å². The van der Waals surface area contributed by atoms with Gasteiger partial charge in [0.25, 0.3) is 0 Å². The number of nitrogens with one attached hydrogen (secondary N) is 1. The third-order valence-electron chi connectivity index (χ3n) is 3.19. The summed E-state index contributed by atoms with van der Waals surface area (Å²) >= 11 is 0. The molecule has 1 aliphatic rings. The summed E-state index contributed by atoms with van der Waals surface area (Å²) in [6, 6.07) is 0. The van der Waals surface area contributed by atoms with Crippen LogP contribution >= 0.6 is 0 Å². The molecular formula is C12H25N3O2. The van der Waals surface area contributed by atoms with Gasteiger partial charge < -0.3 is 20.7 Å². The first-order valence-electron chi connectivity index (χ1n) is 6.42. The molecule has 1 unspecified atom stereocenters. The van der Waals surface area contributed by atoms with Crippen molar-refractivity contribution < 1.29 is 9.53 Å². The van der Waals surface area contributed by atoms with Crippen LogP contribution in [0.5, 0.6) is 0 Å². The van der Waals surface area contributed by atoms with E-state index in [2.05, 4.69) is 10.2 Å². The molecule has 1 heterocycles. The third kappa shape index (κ3) is 6.61. The Kier molecular flexibility index (Phi) is 7.16. The number of methoxy groups -OCH3 is 1. The van der Waals surface area contributed by atoms with Gasteiger partial charge in [-0.15, -0.1) is 0 Å². The van der Waals surface area contributed by atoms with Crippen molar-refractivity contribution in [3.63, 3.8) is 0 Å². The second kappa shape index (κ2) is 8.44. The molecule has 1 saturated heterocycles. The number of primary amides is 1. The van der Waals surface area contributed by atoms with Gasteiger partial charge in [0.2, 0.25) is 5.91 Å². The number of hydrogen-bond donors (Lipinski definition) is 2. The van der Waals surface area contributed by atoms with E-state index in [1.54, 1.807) is 7.11 Å². The summed E-state index contributed by atoms with van der Waals surface area (Å²) in [7, 11) is 1.72.